The Morgan fingerprint density at radius 2 is 2.23 bits per heavy atom. The van der Waals surface area contributed by atoms with Crippen LogP contribution in [0, 0.1) is 19.3 Å². The molecular weight excluding hydrogens is 166 g/mol. The van der Waals surface area contributed by atoms with Gasteiger partial charge in [0.2, 0.25) is 0 Å². The number of nitrogens with one attached hydrogen (secondary N) is 1. The molecular formula is C8H11N5. The van der Waals surface area contributed by atoms with Crippen LogP contribution in [0.1, 0.15) is 11.4 Å². The molecule has 0 bridgehead atoms. The Labute approximate surface area is 75.2 Å². The molecule has 0 aliphatic carbocycles. The van der Waals surface area contributed by atoms with Gasteiger partial charge in [-0.1, -0.05) is 4.98 Å². The molecule has 1 N–H and O–H groups in total. The summed E-state index contributed by atoms with van der Waals surface area (Å²) in [6.45, 7) is 3.88. The smallest absolute Gasteiger partial charge is 0.382 e. The van der Waals surface area contributed by atoms with Crippen molar-refractivity contribution in [3.05, 3.63) is 23.1 Å². The van der Waals surface area contributed by atoms with Gasteiger partial charge in [0.05, 0.1) is 12.7 Å². The number of hydrogen-bond donors (Lipinski definition) is 1. The number of nitrogens with zero attached hydrogens (tertiary/aromatic N) is 4. The standard InChI is InChI=1S/C8H11N5/c1-5-4-6(2)13-7(9)11-12(3)8(13)10-5/h4,9H,1-3H3. The van der Waals surface area contributed by atoms with E-state index in [1.54, 1.807) is 16.1 Å². The number of fused-ring (bicyclic) bond motifs is 1. The van der Waals surface area contributed by atoms with Gasteiger partial charge in [-0.2, -0.15) is 9.08 Å². The lowest BCUT2D eigenvalue weighted by atomic mass is 10.3. The van der Waals surface area contributed by atoms with Gasteiger partial charge in [0.15, 0.2) is 5.62 Å². The first-order valence-electron chi connectivity index (χ1n) is 4.04. The fourth-order valence-electron chi connectivity index (χ4n) is 1.47. The molecule has 0 saturated carbocycles. The van der Waals surface area contributed by atoms with E-state index < -0.39 is 0 Å². The molecule has 0 aliphatic rings. The number of aromatic nitrogens is 4. The molecule has 13 heavy (non-hydrogen) atoms. The fraction of sp³-hybridized carbons (Fsp3) is 0.375. The Kier molecular flexibility index (Phi) is 1.48. The normalized spacial score (nSPS) is 11.0. The number of rotatable bonds is 0. The molecule has 0 fully saturated rings. The highest BCUT2D eigenvalue weighted by atomic mass is 15.4. The van der Waals surface area contributed by atoms with E-state index in [4.69, 9.17) is 5.41 Å². The lowest BCUT2D eigenvalue weighted by Crippen LogP contribution is -2.35. The summed E-state index contributed by atoms with van der Waals surface area (Å²) in [5.41, 5.74) is 2.16. The van der Waals surface area contributed by atoms with Crippen LogP contribution >= 0.6 is 0 Å². The summed E-state index contributed by atoms with van der Waals surface area (Å²) in [7, 11) is 1.79. The maximum Gasteiger partial charge on any atom is 0.411 e. The van der Waals surface area contributed by atoms with E-state index in [0.717, 1.165) is 11.4 Å². The first-order chi connectivity index (χ1) is 6.09. The quantitative estimate of drug-likeness (QED) is 0.536. The molecule has 0 radical (unpaired) electrons. The molecule has 68 valence electrons. The van der Waals surface area contributed by atoms with Crippen molar-refractivity contribution >= 4 is 5.78 Å². The molecule has 0 aromatic carbocycles. The molecule has 2 rings (SSSR count). The van der Waals surface area contributed by atoms with Crippen molar-refractivity contribution in [1.29, 1.82) is 5.41 Å². The van der Waals surface area contributed by atoms with Crippen molar-refractivity contribution in [2.45, 2.75) is 13.8 Å². The Bertz CT molecular complexity index is 519. The van der Waals surface area contributed by atoms with Gasteiger partial charge in [-0.25, -0.2) is 5.10 Å². The van der Waals surface area contributed by atoms with E-state index in [2.05, 4.69) is 10.1 Å². The van der Waals surface area contributed by atoms with E-state index >= 15 is 0 Å². The van der Waals surface area contributed by atoms with Gasteiger partial charge in [0.1, 0.15) is 5.69 Å². The van der Waals surface area contributed by atoms with Crippen molar-refractivity contribution < 1.29 is 4.68 Å². The summed E-state index contributed by atoms with van der Waals surface area (Å²) in [6.07, 6.45) is 0. The van der Waals surface area contributed by atoms with Gasteiger partial charge in [0.25, 0.3) is 0 Å². The Morgan fingerprint density at radius 3 is 2.92 bits per heavy atom. The minimum absolute atomic E-state index is 0.225. The molecule has 0 spiro atoms. The van der Waals surface area contributed by atoms with Crippen LogP contribution in [0.25, 0.3) is 5.78 Å². The SMILES string of the molecule is Cc1cc(C)n2c(=N)[n-][n+](C)c2n1. The van der Waals surface area contributed by atoms with Crippen LogP contribution in [0.15, 0.2) is 6.07 Å². The number of hydrogen-bond acceptors (Lipinski definition) is 2. The largest absolute Gasteiger partial charge is 0.411 e. The van der Waals surface area contributed by atoms with Crippen molar-refractivity contribution in [3.8, 4) is 0 Å². The molecule has 5 heteroatoms. The highest BCUT2D eigenvalue weighted by Gasteiger charge is 2.11. The topological polar surface area (TPSA) is 59.1 Å². The van der Waals surface area contributed by atoms with E-state index in [1.165, 1.54) is 0 Å². The fourth-order valence-corrected chi connectivity index (χ4v) is 1.47. The van der Waals surface area contributed by atoms with Crippen LogP contribution in [0.2, 0.25) is 0 Å². The van der Waals surface area contributed by atoms with Crippen molar-refractivity contribution in [2.75, 3.05) is 0 Å². The van der Waals surface area contributed by atoms with Gasteiger partial charge >= 0.3 is 5.78 Å². The molecule has 0 aliphatic heterocycles. The zero-order chi connectivity index (χ0) is 9.59. The summed E-state index contributed by atoms with van der Waals surface area (Å²) in [4.78, 5) is 4.30. The van der Waals surface area contributed by atoms with Crippen LogP contribution in [0.4, 0.5) is 0 Å². The van der Waals surface area contributed by atoms with Gasteiger partial charge in [-0.3, -0.25) is 0 Å². The summed E-state index contributed by atoms with van der Waals surface area (Å²) in [6, 6.07) is 1.94. The average molecular weight is 177 g/mol. The van der Waals surface area contributed by atoms with Crippen LogP contribution < -0.4 is 15.4 Å². The van der Waals surface area contributed by atoms with Crippen molar-refractivity contribution in [2.24, 2.45) is 7.05 Å². The van der Waals surface area contributed by atoms with E-state index in [0.29, 0.717) is 5.78 Å². The summed E-state index contributed by atoms with van der Waals surface area (Å²) in [5, 5.41) is 11.6. The van der Waals surface area contributed by atoms with Crippen LogP contribution in [0.3, 0.4) is 0 Å². The molecule has 5 nitrogen and oxygen atoms in total. The third-order valence-corrected chi connectivity index (χ3v) is 1.99. The minimum Gasteiger partial charge on any atom is -0.382 e. The van der Waals surface area contributed by atoms with E-state index in [9.17, 15) is 0 Å². The minimum atomic E-state index is 0.225. The molecule has 0 unspecified atom stereocenters. The Hall–Kier alpha value is -1.65. The maximum atomic E-state index is 7.59. The Morgan fingerprint density at radius 1 is 1.54 bits per heavy atom. The second-order valence-corrected chi connectivity index (χ2v) is 3.12. The lowest BCUT2D eigenvalue weighted by molar-refractivity contribution is -0.711. The monoisotopic (exact) mass is 177 g/mol. The highest BCUT2D eigenvalue weighted by Crippen LogP contribution is 1.99. The number of aryl methyl sites for hydroxylation is 3. The zero-order valence-electron chi connectivity index (χ0n) is 7.87. The van der Waals surface area contributed by atoms with E-state index in [-0.39, 0.29) is 5.62 Å². The predicted molar refractivity (Wildman–Crippen MR) is 45.0 cm³/mol. The van der Waals surface area contributed by atoms with Crippen LogP contribution in [0.5, 0.6) is 0 Å². The highest BCUT2D eigenvalue weighted by molar-refractivity contribution is 5.24. The molecule has 0 atom stereocenters. The third kappa shape index (κ3) is 1.04. The first kappa shape index (κ1) is 7.97. The van der Waals surface area contributed by atoms with Crippen molar-refractivity contribution in [1.82, 2.24) is 14.5 Å². The molecule has 2 heterocycles. The van der Waals surface area contributed by atoms with Gasteiger partial charge in [0, 0.05) is 6.07 Å². The lowest BCUT2D eigenvalue weighted by Gasteiger charge is -1.93. The predicted octanol–water partition coefficient (Wildman–Crippen LogP) is -0.788. The maximum absolute atomic E-state index is 7.59. The average Bonchev–Trinajstić information content (AvgIpc) is 2.27. The van der Waals surface area contributed by atoms with Crippen LogP contribution in [-0.4, -0.2) is 9.38 Å². The van der Waals surface area contributed by atoms with Gasteiger partial charge < -0.3 is 5.41 Å². The van der Waals surface area contributed by atoms with Gasteiger partial charge in [-0.05, 0) is 13.8 Å². The molecule has 0 saturated heterocycles. The van der Waals surface area contributed by atoms with Gasteiger partial charge in [-0.15, -0.1) is 0 Å². The summed E-state index contributed by atoms with van der Waals surface area (Å²) >= 11 is 0. The molecule has 2 aromatic rings. The second-order valence-electron chi connectivity index (χ2n) is 3.12. The summed E-state index contributed by atoms with van der Waals surface area (Å²) < 4.78 is 3.33. The summed E-state index contributed by atoms with van der Waals surface area (Å²) in [5.74, 6) is 0.711. The molecule has 2 aromatic heterocycles. The first-order valence-corrected chi connectivity index (χ1v) is 4.04. The van der Waals surface area contributed by atoms with E-state index in [1.807, 2.05) is 19.9 Å². The second kappa shape index (κ2) is 2.42. The van der Waals surface area contributed by atoms with Crippen molar-refractivity contribution in [3.63, 3.8) is 0 Å². The molecule has 0 amide bonds. The third-order valence-electron chi connectivity index (χ3n) is 1.99. The Balaban J connectivity index is 3.06. The van der Waals surface area contributed by atoms with Crippen LogP contribution in [-0.2, 0) is 7.05 Å². The zero-order valence-corrected chi connectivity index (χ0v) is 7.87.